The minimum Gasteiger partial charge on any atom is -0.507 e. The summed E-state index contributed by atoms with van der Waals surface area (Å²) in [7, 11) is -2.09. The highest BCUT2D eigenvalue weighted by Crippen LogP contribution is 2.54. The number of fused-ring (bicyclic) bond motifs is 2. The van der Waals surface area contributed by atoms with Crippen LogP contribution in [0.3, 0.4) is 0 Å². The number of rotatable bonds is 4. The van der Waals surface area contributed by atoms with Gasteiger partial charge in [-0.2, -0.15) is 0 Å². The second kappa shape index (κ2) is 16.3. The molecule has 0 saturated carbocycles. The Morgan fingerprint density at radius 2 is 0.710 bits per heavy atom. The third-order valence-corrected chi connectivity index (χ3v) is 13.8. The van der Waals surface area contributed by atoms with Gasteiger partial charge in [0.25, 0.3) is 0 Å². The summed E-state index contributed by atoms with van der Waals surface area (Å²) in [6, 6.07) is 24.2. The third kappa shape index (κ3) is 9.26. The molecule has 3 aliphatic rings. The number of hydrogen-bond donors (Lipinski definition) is 2. The zero-order chi connectivity index (χ0) is 45.4. The van der Waals surface area contributed by atoms with Crippen LogP contribution in [0.1, 0.15) is 201 Å². The fraction of sp³-hybridized carbons (Fsp3) is 0.464. The Hall–Kier alpha value is -4.47. The maximum absolute atomic E-state index is 12.4. The van der Waals surface area contributed by atoms with Crippen molar-refractivity contribution in [2.75, 3.05) is 0 Å². The number of phenolic OH excluding ortho intramolecular Hbond substituents is 2. The quantitative estimate of drug-likeness (QED) is 0.173. The highest BCUT2D eigenvalue weighted by molar-refractivity contribution is 7.43. The van der Waals surface area contributed by atoms with Gasteiger partial charge in [-0.05, 0) is 111 Å². The Morgan fingerprint density at radius 3 is 0.984 bits per heavy atom. The summed E-state index contributed by atoms with van der Waals surface area (Å²) in [5, 5.41) is 24.9. The van der Waals surface area contributed by atoms with Crippen LogP contribution in [-0.2, 0) is 47.3 Å². The lowest BCUT2D eigenvalue weighted by Gasteiger charge is -2.32. The van der Waals surface area contributed by atoms with E-state index in [-0.39, 0.29) is 45.0 Å². The highest BCUT2D eigenvalue weighted by Gasteiger charge is 2.35. The molecule has 5 aromatic carbocycles. The number of aromatic hydroxyl groups is 2. The fourth-order valence-electron chi connectivity index (χ4n) is 8.75. The van der Waals surface area contributed by atoms with E-state index in [2.05, 4.69) is 178 Å². The van der Waals surface area contributed by atoms with Crippen LogP contribution in [0.5, 0.6) is 28.7 Å². The average Bonchev–Trinajstić information content (AvgIpc) is 3.13. The molecule has 2 heterocycles. The van der Waals surface area contributed by atoms with Crippen molar-refractivity contribution in [1.29, 1.82) is 0 Å². The molecule has 5 nitrogen and oxygen atoms in total. The molecule has 0 spiro atoms. The van der Waals surface area contributed by atoms with Crippen LogP contribution in [0, 0.1) is 0 Å². The van der Waals surface area contributed by atoms with E-state index in [0.29, 0.717) is 25.7 Å². The van der Waals surface area contributed by atoms with E-state index in [1.165, 1.54) is 11.1 Å². The van der Waals surface area contributed by atoms with Crippen LogP contribution >= 0.6 is 8.60 Å². The van der Waals surface area contributed by atoms with Gasteiger partial charge in [0, 0.05) is 25.7 Å². The van der Waals surface area contributed by atoms with E-state index in [9.17, 15) is 10.2 Å². The largest absolute Gasteiger partial charge is 0.530 e. The molecule has 0 saturated heterocycles. The number of hydrogen-bond acceptors (Lipinski definition) is 5. The van der Waals surface area contributed by atoms with E-state index in [1.54, 1.807) is 0 Å². The Bertz CT molecular complexity index is 2350. The van der Waals surface area contributed by atoms with Crippen molar-refractivity contribution in [2.45, 2.75) is 170 Å². The summed E-state index contributed by atoms with van der Waals surface area (Å²) >= 11 is 0. The summed E-state index contributed by atoms with van der Waals surface area (Å²) in [5.41, 5.74) is 13.4. The van der Waals surface area contributed by atoms with E-state index >= 15 is 0 Å². The number of para-hydroxylation sites is 1. The lowest BCUT2D eigenvalue weighted by Crippen LogP contribution is -2.18. The molecule has 6 heteroatoms. The molecule has 10 bridgehead atoms. The van der Waals surface area contributed by atoms with Crippen molar-refractivity contribution in [3.05, 3.63) is 145 Å². The van der Waals surface area contributed by atoms with Crippen molar-refractivity contribution in [2.24, 2.45) is 0 Å². The van der Waals surface area contributed by atoms with Gasteiger partial charge in [0.05, 0.1) is 0 Å². The monoisotopic (exact) mass is 855 g/mol. The molecule has 62 heavy (non-hydrogen) atoms. The van der Waals surface area contributed by atoms with Crippen LogP contribution in [0.2, 0.25) is 0 Å². The first-order chi connectivity index (χ1) is 28.7. The molecule has 0 amide bonds. The molecule has 5 aromatic rings. The molecule has 1 aliphatic carbocycles. The van der Waals surface area contributed by atoms with Crippen molar-refractivity contribution in [1.82, 2.24) is 0 Å². The molecule has 0 unspecified atom stereocenters. The van der Waals surface area contributed by atoms with Crippen LogP contribution < -0.4 is 13.6 Å². The number of phenols is 2. The molecule has 2 N–H and O–H groups in total. The van der Waals surface area contributed by atoms with Crippen molar-refractivity contribution < 1.29 is 23.8 Å². The van der Waals surface area contributed by atoms with Gasteiger partial charge in [-0.1, -0.05) is 178 Å². The van der Waals surface area contributed by atoms with Crippen LogP contribution in [0.4, 0.5) is 0 Å². The normalized spacial score (nSPS) is 14.8. The Morgan fingerprint density at radius 1 is 0.452 bits per heavy atom. The molecule has 0 fully saturated rings. The molecule has 0 atom stereocenters. The Balaban J connectivity index is 1.62. The van der Waals surface area contributed by atoms with E-state index in [1.807, 2.05) is 0 Å². The second-order valence-electron chi connectivity index (χ2n) is 22.8. The summed E-state index contributed by atoms with van der Waals surface area (Å²) < 4.78 is 21.8. The summed E-state index contributed by atoms with van der Waals surface area (Å²) in [4.78, 5) is 0. The summed E-state index contributed by atoms with van der Waals surface area (Å²) in [6.45, 7) is 35.6. The number of benzene rings is 5. The fourth-order valence-corrected chi connectivity index (χ4v) is 9.99. The van der Waals surface area contributed by atoms with Crippen molar-refractivity contribution in [3.63, 3.8) is 0 Å². The maximum Gasteiger partial charge on any atom is 0.530 e. The van der Waals surface area contributed by atoms with Gasteiger partial charge in [0.15, 0.2) is 0 Å². The van der Waals surface area contributed by atoms with Crippen LogP contribution in [-0.4, -0.2) is 10.2 Å². The zero-order valence-corrected chi connectivity index (χ0v) is 41.3. The molecule has 330 valence electrons. The maximum atomic E-state index is 12.4. The van der Waals surface area contributed by atoms with Crippen molar-refractivity contribution in [3.8, 4) is 28.7 Å². The van der Waals surface area contributed by atoms with Gasteiger partial charge in [0.1, 0.15) is 28.7 Å². The minimum atomic E-state index is -2.09. The van der Waals surface area contributed by atoms with Gasteiger partial charge in [-0.3, -0.25) is 0 Å². The predicted octanol–water partition coefficient (Wildman–Crippen LogP) is 15.3. The van der Waals surface area contributed by atoms with E-state index in [4.69, 9.17) is 13.6 Å². The smallest absolute Gasteiger partial charge is 0.507 e. The standard InChI is InChI=1S/C56H71O5P/c1-32(2)46-18-17-19-47(33(3)4)52(46)61-62-59-50-38-21-36-26-42(53(5,6)7)24-34(48(36)57)20-35-25-43(54(8,9)10)27-37(49(35)58)22-39-29-45(56(14,15)16)31-41(51(39)60-62)23-40(50)30-44(28-38)55(11,12)13/h17-19,24-33,57-58H,20-23H2,1-16H3. The average molecular weight is 855 g/mol. The van der Waals surface area contributed by atoms with Gasteiger partial charge in [0.2, 0.25) is 0 Å². The summed E-state index contributed by atoms with van der Waals surface area (Å²) in [5.74, 6) is 3.20. The van der Waals surface area contributed by atoms with E-state index in [0.717, 1.165) is 84.0 Å². The van der Waals surface area contributed by atoms with Gasteiger partial charge < -0.3 is 23.8 Å². The van der Waals surface area contributed by atoms with Crippen LogP contribution in [0.25, 0.3) is 0 Å². The van der Waals surface area contributed by atoms with Gasteiger partial charge in [-0.25, -0.2) is 0 Å². The molecule has 8 rings (SSSR count). The minimum absolute atomic E-state index is 0.167. The van der Waals surface area contributed by atoms with Crippen LogP contribution in [0.15, 0.2) is 66.7 Å². The SMILES string of the molecule is CC(C)c1cccc(C(C)C)c1OP1Oc2c3cc(C(C)(C)C)cc2Cc2cc(C(C)(C)C)cc(c2O1)Cc1cc(C(C)(C)C)cc(c1O)Cc1cc(C(C)(C)C)cc(c1O)C3. The lowest BCUT2D eigenvalue weighted by atomic mass is 9.79. The molecule has 2 aliphatic heterocycles. The lowest BCUT2D eigenvalue weighted by molar-refractivity contribution is 0.373. The second-order valence-corrected chi connectivity index (χ2v) is 23.8. The van der Waals surface area contributed by atoms with Crippen molar-refractivity contribution >= 4 is 8.60 Å². The Kier molecular flexibility index (Phi) is 11.9. The summed E-state index contributed by atoms with van der Waals surface area (Å²) in [6.07, 6.45) is 1.81. The van der Waals surface area contributed by atoms with Gasteiger partial charge >= 0.3 is 8.60 Å². The highest BCUT2D eigenvalue weighted by atomic mass is 31.2. The topological polar surface area (TPSA) is 68.2 Å². The molecular formula is C56H71O5P. The zero-order valence-electron chi connectivity index (χ0n) is 40.4. The first kappa shape index (κ1) is 45.6. The molecule has 0 radical (unpaired) electrons. The third-order valence-electron chi connectivity index (χ3n) is 12.8. The van der Waals surface area contributed by atoms with Gasteiger partial charge in [-0.15, -0.1) is 0 Å². The first-order valence-corrected chi connectivity index (χ1v) is 23.8. The van der Waals surface area contributed by atoms with E-state index < -0.39 is 8.60 Å². The Labute approximate surface area is 374 Å². The first-order valence-electron chi connectivity index (χ1n) is 22.7. The predicted molar refractivity (Wildman–Crippen MR) is 259 cm³/mol. The molecular weight excluding hydrogens is 784 g/mol. The molecule has 0 aromatic heterocycles.